The van der Waals surface area contributed by atoms with Crippen molar-refractivity contribution in [1.29, 1.82) is 0 Å². The van der Waals surface area contributed by atoms with Gasteiger partial charge in [-0.2, -0.15) is 0 Å². The van der Waals surface area contributed by atoms with E-state index in [1.807, 2.05) is 0 Å². The number of nitrogens with zero attached hydrogens (tertiary/aromatic N) is 1. The monoisotopic (exact) mass is 376 g/mol. The van der Waals surface area contributed by atoms with Crippen molar-refractivity contribution < 1.29 is 22.7 Å². The molecule has 0 aromatic heterocycles. The summed E-state index contributed by atoms with van der Waals surface area (Å²) in [5, 5.41) is 0. The van der Waals surface area contributed by atoms with Crippen LogP contribution in [0.5, 0.6) is 5.75 Å². The highest BCUT2D eigenvalue weighted by Crippen LogP contribution is 2.33. The normalized spacial score (nSPS) is 11.0. The quantitative estimate of drug-likeness (QED) is 0.746. The number of amides is 1. The number of hydrogen-bond acceptors (Lipinski definition) is 5. The SMILES string of the molecule is CCOc1ccc(C(C)=O)cc1N(C)S(=O)(=O)c1cccc(C(N)=O)c1. The van der Waals surface area contributed by atoms with Gasteiger partial charge in [0.2, 0.25) is 5.91 Å². The summed E-state index contributed by atoms with van der Waals surface area (Å²) in [5.41, 5.74) is 5.89. The zero-order chi connectivity index (χ0) is 19.5. The summed E-state index contributed by atoms with van der Waals surface area (Å²) in [4.78, 5) is 22.9. The topological polar surface area (TPSA) is 107 Å². The minimum absolute atomic E-state index is 0.0852. The Morgan fingerprint density at radius 1 is 1.12 bits per heavy atom. The second-order valence-electron chi connectivity index (χ2n) is 5.54. The summed E-state index contributed by atoms with van der Waals surface area (Å²) in [7, 11) is -2.64. The first-order chi connectivity index (χ1) is 12.2. The molecule has 2 aromatic carbocycles. The maximum absolute atomic E-state index is 13.0. The lowest BCUT2D eigenvalue weighted by Crippen LogP contribution is -2.27. The zero-order valence-electron chi connectivity index (χ0n) is 14.7. The molecule has 0 radical (unpaired) electrons. The van der Waals surface area contributed by atoms with Gasteiger partial charge in [-0.25, -0.2) is 8.42 Å². The van der Waals surface area contributed by atoms with Crippen LogP contribution in [0.4, 0.5) is 5.69 Å². The number of anilines is 1. The third-order valence-corrected chi connectivity index (χ3v) is 5.55. The molecule has 138 valence electrons. The molecule has 0 saturated heterocycles. The van der Waals surface area contributed by atoms with E-state index in [0.717, 1.165) is 4.31 Å². The molecule has 7 nitrogen and oxygen atoms in total. The fourth-order valence-electron chi connectivity index (χ4n) is 2.36. The van der Waals surface area contributed by atoms with Crippen molar-refractivity contribution in [2.24, 2.45) is 5.73 Å². The van der Waals surface area contributed by atoms with Crippen LogP contribution in [-0.4, -0.2) is 33.8 Å². The number of rotatable bonds is 7. The van der Waals surface area contributed by atoms with Gasteiger partial charge in [-0.3, -0.25) is 13.9 Å². The number of carbonyl (C=O) groups excluding carboxylic acids is 2. The van der Waals surface area contributed by atoms with E-state index in [4.69, 9.17) is 10.5 Å². The van der Waals surface area contributed by atoms with Crippen LogP contribution in [0.25, 0.3) is 0 Å². The van der Waals surface area contributed by atoms with Crippen LogP contribution in [0.15, 0.2) is 47.4 Å². The first-order valence-electron chi connectivity index (χ1n) is 7.85. The largest absolute Gasteiger partial charge is 0.492 e. The van der Waals surface area contributed by atoms with Gasteiger partial charge in [-0.15, -0.1) is 0 Å². The first-order valence-corrected chi connectivity index (χ1v) is 9.29. The number of Topliss-reactive ketones (excluding diaryl/α,β-unsaturated/α-hetero) is 1. The summed E-state index contributed by atoms with van der Waals surface area (Å²) in [6.45, 7) is 3.50. The van der Waals surface area contributed by atoms with Gasteiger partial charge >= 0.3 is 0 Å². The Balaban J connectivity index is 2.57. The Labute approximate surface area is 152 Å². The van der Waals surface area contributed by atoms with Gasteiger partial charge < -0.3 is 10.5 Å². The molecule has 0 atom stereocenters. The summed E-state index contributed by atoms with van der Waals surface area (Å²) in [6, 6.07) is 10.0. The van der Waals surface area contributed by atoms with Gasteiger partial charge in [0.05, 0.1) is 17.2 Å². The van der Waals surface area contributed by atoms with Crippen molar-refractivity contribution in [1.82, 2.24) is 0 Å². The van der Waals surface area contributed by atoms with E-state index in [1.165, 1.54) is 44.3 Å². The predicted octanol–water partition coefficient (Wildman–Crippen LogP) is 2.21. The Morgan fingerprint density at radius 2 is 1.81 bits per heavy atom. The highest BCUT2D eigenvalue weighted by Gasteiger charge is 2.25. The van der Waals surface area contributed by atoms with E-state index in [9.17, 15) is 18.0 Å². The van der Waals surface area contributed by atoms with Crippen LogP contribution in [-0.2, 0) is 10.0 Å². The highest BCUT2D eigenvalue weighted by molar-refractivity contribution is 7.92. The van der Waals surface area contributed by atoms with Crippen LogP contribution >= 0.6 is 0 Å². The number of carbonyl (C=O) groups is 2. The Hall–Kier alpha value is -2.87. The lowest BCUT2D eigenvalue weighted by Gasteiger charge is -2.23. The number of ketones is 1. The van der Waals surface area contributed by atoms with Gasteiger partial charge in [0, 0.05) is 18.2 Å². The lowest BCUT2D eigenvalue weighted by molar-refractivity contribution is 0.0996. The predicted molar refractivity (Wildman–Crippen MR) is 98.2 cm³/mol. The molecule has 1 amide bonds. The van der Waals surface area contributed by atoms with Crippen molar-refractivity contribution >= 4 is 27.4 Å². The summed E-state index contributed by atoms with van der Waals surface area (Å²) >= 11 is 0. The molecule has 0 aliphatic carbocycles. The maximum Gasteiger partial charge on any atom is 0.264 e. The van der Waals surface area contributed by atoms with E-state index >= 15 is 0 Å². The van der Waals surface area contributed by atoms with Crippen molar-refractivity contribution in [3.05, 3.63) is 53.6 Å². The molecule has 0 aliphatic heterocycles. The maximum atomic E-state index is 13.0. The van der Waals surface area contributed by atoms with E-state index < -0.39 is 15.9 Å². The highest BCUT2D eigenvalue weighted by atomic mass is 32.2. The third kappa shape index (κ3) is 3.85. The van der Waals surface area contributed by atoms with Gasteiger partial charge in [0.1, 0.15) is 5.75 Å². The molecule has 0 bridgehead atoms. The smallest absolute Gasteiger partial charge is 0.264 e. The Bertz CT molecular complexity index is 954. The average Bonchev–Trinajstić information content (AvgIpc) is 2.61. The number of sulfonamides is 1. The number of nitrogens with two attached hydrogens (primary N) is 1. The molecule has 0 saturated carbocycles. The molecule has 0 heterocycles. The standard InChI is InChI=1S/C18H20N2O5S/c1-4-25-17-9-8-13(12(2)21)11-16(17)20(3)26(23,24)15-7-5-6-14(10-15)18(19)22/h5-11H,4H2,1-3H3,(H2,19,22). The summed E-state index contributed by atoms with van der Waals surface area (Å²) in [5.74, 6) is -0.594. The molecule has 2 rings (SSSR count). The number of primary amides is 1. The van der Waals surface area contributed by atoms with E-state index in [0.29, 0.717) is 17.9 Å². The Kier molecular flexibility index (Phi) is 5.66. The van der Waals surface area contributed by atoms with E-state index in [-0.39, 0.29) is 21.9 Å². The molecular weight excluding hydrogens is 356 g/mol. The fourth-order valence-corrected chi connectivity index (χ4v) is 3.60. The Morgan fingerprint density at radius 3 is 2.38 bits per heavy atom. The van der Waals surface area contributed by atoms with E-state index in [2.05, 4.69) is 0 Å². The minimum atomic E-state index is -4.00. The third-order valence-electron chi connectivity index (χ3n) is 3.78. The average molecular weight is 376 g/mol. The van der Waals surface area contributed by atoms with Crippen LogP contribution < -0.4 is 14.8 Å². The van der Waals surface area contributed by atoms with Gasteiger partial charge in [-0.1, -0.05) is 6.07 Å². The zero-order valence-corrected chi connectivity index (χ0v) is 15.5. The minimum Gasteiger partial charge on any atom is -0.492 e. The molecule has 2 aromatic rings. The number of hydrogen-bond donors (Lipinski definition) is 1. The first kappa shape index (κ1) is 19.5. The molecule has 0 unspecified atom stereocenters. The van der Waals surface area contributed by atoms with Crippen molar-refractivity contribution in [3.63, 3.8) is 0 Å². The van der Waals surface area contributed by atoms with Crippen molar-refractivity contribution in [3.8, 4) is 5.75 Å². The lowest BCUT2D eigenvalue weighted by atomic mass is 10.1. The molecular formula is C18H20N2O5S. The number of benzene rings is 2. The van der Waals surface area contributed by atoms with E-state index in [1.54, 1.807) is 19.1 Å². The molecule has 0 spiro atoms. The van der Waals surface area contributed by atoms with Gasteiger partial charge in [0.25, 0.3) is 10.0 Å². The second kappa shape index (κ2) is 7.57. The summed E-state index contributed by atoms with van der Waals surface area (Å²) in [6.07, 6.45) is 0. The number of ether oxygens (including phenoxy) is 1. The van der Waals surface area contributed by atoms with Crippen LogP contribution in [0.3, 0.4) is 0 Å². The molecule has 0 fully saturated rings. The molecule has 0 aliphatic rings. The van der Waals surface area contributed by atoms with Gasteiger partial charge in [-0.05, 0) is 50.2 Å². The van der Waals surface area contributed by atoms with Gasteiger partial charge in [0.15, 0.2) is 5.78 Å². The van der Waals surface area contributed by atoms with Crippen molar-refractivity contribution in [2.75, 3.05) is 18.0 Å². The van der Waals surface area contributed by atoms with Crippen LogP contribution in [0.1, 0.15) is 34.6 Å². The van der Waals surface area contributed by atoms with Crippen LogP contribution in [0, 0.1) is 0 Å². The second-order valence-corrected chi connectivity index (χ2v) is 7.51. The fraction of sp³-hybridized carbons (Fsp3) is 0.222. The molecule has 26 heavy (non-hydrogen) atoms. The summed E-state index contributed by atoms with van der Waals surface area (Å²) < 4.78 is 32.5. The molecule has 2 N–H and O–H groups in total. The van der Waals surface area contributed by atoms with Crippen molar-refractivity contribution in [2.45, 2.75) is 18.7 Å². The molecule has 8 heteroatoms. The van der Waals surface area contributed by atoms with Crippen LogP contribution in [0.2, 0.25) is 0 Å².